The molecule has 0 bridgehead atoms. The van der Waals surface area contributed by atoms with Crippen molar-refractivity contribution in [1.29, 1.82) is 0 Å². The summed E-state index contributed by atoms with van der Waals surface area (Å²) >= 11 is 0. The van der Waals surface area contributed by atoms with E-state index in [1.807, 2.05) is 6.20 Å². The van der Waals surface area contributed by atoms with Crippen LogP contribution in [0.2, 0.25) is 0 Å². The molecule has 5 heteroatoms. The molecule has 1 aromatic carbocycles. The van der Waals surface area contributed by atoms with E-state index in [1.54, 1.807) is 35.4 Å². The predicted octanol–water partition coefficient (Wildman–Crippen LogP) is 3.27. The van der Waals surface area contributed by atoms with Gasteiger partial charge >= 0.3 is 0 Å². The van der Waals surface area contributed by atoms with Gasteiger partial charge in [0.2, 0.25) is 0 Å². The number of aromatic hydroxyl groups is 1. The third kappa shape index (κ3) is 4.84. The molecule has 0 spiro atoms. The van der Waals surface area contributed by atoms with E-state index < -0.39 is 0 Å². The van der Waals surface area contributed by atoms with Crippen molar-refractivity contribution in [2.45, 2.75) is 20.3 Å². The number of allylic oxidation sites excluding steroid dienone is 2. The second-order valence-electron chi connectivity index (χ2n) is 5.99. The lowest BCUT2D eigenvalue weighted by Crippen LogP contribution is -2.25. The van der Waals surface area contributed by atoms with E-state index in [1.165, 1.54) is 12.1 Å². The highest BCUT2D eigenvalue weighted by Crippen LogP contribution is 2.20. The number of phenols is 1. The highest BCUT2D eigenvalue weighted by molar-refractivity contribution is 5.95. The van der Waals surface area contributed by atoms with Crippen molar-refractivity contribution in [2.24, 2.45) is 5.92 Å². The van der Waals surface area contributed by atoms with Crippen LogP contribution in [0.3, 0.4) is 0 Å². The monoisotopic (exact) mass is 340 g/mol. The van der Waals surface area contributed by atoms with Gasteiger partial charge in [-0.25, -0.2) is 0 Å². The molecule has 0 radical (unpaired) electrons. The molecule has 0 fully saturated rings. The molecule has 0 aliphatic carbocycles. The van der Waals surface area contributed by atoms with Gasteiger partial charge < -0.3 is 20.4 Å². The maximum atomic E-state index is 12.3. The Balaban J connectivity index is 2.16. The minimum absolute atomic E-state index is 0.0223. The molecular formula is C20H24N2O3. The van der Waals surface area contributed by atoms with Gasteiger partial charge in [-0.15, -0.1) is 0 Å². The average molecular weight is 340 g/mol. The number of nitrogens with one attached hydrogen (secondary N) is 1. The lowest BCUT2D eigenvalue weighted by Gasteiger charge is -2.24. The number of nitrogens with zero attached hydrogens (tertiary/aromatic N) is 1. The van der Waals surface area contributed by atoms with Crippen molar-refractivity contribution in [3.63, 3.8) is 0 Å². The van der Waals surface area contributed by atoms with Crippen LogP contribution in [0.1, 0.15) is 30.6 Å². The van der Waals surface area contributed by atoms with Crippen molar-refractivity contribution in [3.8, 4) is 5.75 Å². The number of hydrogen-bond acceptors (Lipinski definition) is 4. The van der Waals surface area contributed by atoms with Gasteiger partial charge in [-0.05, 0) is 54.3 Å². The van der Waals surface area contributed by atoms with Gasteiger partial charge in [0, 0.05) is 23.7 Å². The van der Waals surface area contributed by atoms with Crippen molar-refractivity contribution < 1.29 is 15.0 Å². The van der Waals surface area contributed by atoms with Crippen LogP contribution in [0.15, 0.2) is 72.4 Å². The number of phenolic OH excluding ortho intramolecular Hbond substituents is 1. The minimum Gasteiger partial charge on any atom is -0.508 e. The third-order valence-electron chi connectivity index (χ3n) is 4.19. The molecule has 132 valence electrons. The molecule has 0 saturated heterocycles. The number of aliphatic hydroxyl groups is 1. The van der Waals surface area contributed by atoms with Crippen LogP contribution in [-0.2, 0) is 0 Å². The van der Waals surface area contributed by atoms with E-state index in [9.17, 15) is 15.0 Å². The van der Waals surface area contributed by atoms with Crippen LogP contribution in [0.5, 0.6) is 5.75 Å². The Hall–Kier alpha value is -2.79. The number of rotatable bonds is 6. The average Bonchev–Trinajstić information content (AvgIpc) is 2.61. The van der Waals surface area contributed by atoms with E-state index in [0.29, 0.717) is 11.3 Å². The summed E-state index contributed by atoms with van der Waals surface area (Å²) in [6.07, 6.45) is 8.11. The number of benzene rings is 1. The molecule has 2 rings (SSSR count). The number of amides is 1. The first-order chi connectivity index (χ1) is 11.9. The normalized spacial score (nSPS) is 15.8. The smallest absolute Gasteiger partial charge is 0.255 e. The maximum Gasteiger partial charge on any atom is 0.255 e. The number of carbonyl (C=O) groups excluding carboxylic acids is 1. The van der Waals surface area contributed by atoms with Gasteiger partial charge in [-0.2, -0.15) is 0 Å². The minimum atomic E-state index is -0.267. The van der Waals surface area contributed by atoms with Crippen LogP contribution >= 0.6 is 0 Å². The van der Waals surface area contributed by atoms with Crippen LogP contribution < -0.4 is 5.32 Å². The zero-order valence-corrected chi connectivity index (χ0v) is 14.6. The van der Waals surface area contributed by atoms with E-state index in [4.69, 9.17) is 0 Å². The molecule has 1 heterocycles. The van der Waals surface area contributed by atoms with Gasteiger partial charge in [0.1, 0.15) is 5.75 Å². The summed E-state index contributed by atoms with van der Waals surface area (Å²) in [5, 5.41) is 21.7. The molecule has 1 aliphatic heterocycles. The number of hydrogen-bond donors (Lipinski definition) is 3. The molecule has 1 aromatic rings. The molecule has 0 aromatic heterocycles. The quantitative estimate of drug-likeness (QED) is 0.743. The zero-order valence-electron chi connectivity index (χ0n) is 14.6. The molecular weight excluding hydrogens is 316 g/mol. The van der Waals surface area contributed by atoms with Crippen LogP contribution in [0.25, 0.3) is 0 Å². The van der Waals surface area contributed by atoms with Gasteiger partial charge in [0.05, 0.1) is 12.3 Å². The Morgan fingerprint density at radius 1 is 1.32 bits per heavy atom. The standard InChI is InChI=1S/C20H24N2O3/c1-4-14(2)17(13-23)11-22-12-18(8-5-15(22)3)21-20(25)16-6-9-19(24)10-7-16/h5-12,14,23-24H,3-4,13H2,1-2H3,(H,21,25)/b17-11-. The van der Waals surface area contributed by atoms with E-state index >= 15 is 0 Å². The Morgan fingerprint density at radius 3 is 2.60 bits per heavy atom. The van der Waals surface area contributed by atoms with Crippen molar-refractivity contribution in [2.75, 3.05) is 6.61 Å². The first kappa shape index (κ1) is 18.5. The lowest BCUT2D eigenvalue weighted by molar-refractivity contribution is 0.0966. The lowest BCUT2D eigenvalue weighted by atomic mass is 10.00. The first-order valence-electron chi connectivity index (χ1n) is 8.23. The summed E-state index contributed by atoms with van der Waals surface area (Å²) in [7, 11) is 0. The molecule has 1 unspecified atom stereocenters. The molecule has 3 N–H and O–H groups in total. The summed E-state index contributed by atoms with van der Waals surface area (Å²) < 4.78 is 0. The second-order valence-corrected chi connectivity index (χ2v) is 5.99. The zero-order chi connectivity index (χ0) is 18.4. The predicted molar refractivity (Wildman–Crippen MR) is 98.4 cm³/mol. The Kier molecular flexibility index (Phi) is 6.19. The summed E-state index contributed by atoms with van der Waals surface area (Å²) in [6.45, 7) is 8.08. The second kappa shape index (κ2) is 8.35. The fraction of sp³-hybridized carbons (Fsp3) is 0.250. The van der Waals surface area contributed by atoms with Crippen molar-refractivity contribution in [3.05, 3.63) is 77.9 Å². The first-order valence-corrected chi connectivity index (χ1v) is 8.23. The fourth-order valence-electron chi connectivity index (χ4n) is 2.32. The molecule has 1 amide bonds. The van der Waals surface area contributed by atoms with E-state index in [2.05, 4.69) is 25.7 Å². The summed E-state index contributed by atoms with van der Waals surface area (Å²) in [5.41, 5.74) is 2.72. The van der Waals surface area contributed by atoms with Crippen LogP contribution in [0, 0.1) is 5.92 Å². The van der Waals surface area contributed by atoms with E-state index in [0.717, 1.165) is 17.7 Å². The molecule has 0 saturated carbocycles. The maximum absolute atomic E-state index is 12.3. The summed E-state index contributed by atoms with van der Waals surface area (Å²) in [4.78, 5) is 14.1. The van der Waals surface area contributed by atoms with Crippen LogP contribution in [0.4, 0.5) is 0 Å². The van der Waals surface area contributed by atoms with Crippen molar-refractivity contribution in [1.82, 2.24) is 10.2 Å². The summed E-state index contributed by atoms with van der Waals surface area (Å²) in [6, 6.07) is 6.05. The molecule has 1 aliphatic rings. The van der Waals surface area contributed by atoms with Crippen molar-refractivity contribution >= 4 is 5.91 Å². The van der Waals surface area contributed by atoms with Gasteiger partial charge in [0.25, 0.3) is 5.91 Å². The Labute approximate surface area is 148 Å². The van der Waals surface area contributed by atoms with Gasteiger partial charge in [0.15, 0.2) is 0 Å². The van der Waals surface area contributed by atoms with E-state index in [-0.39, 0.29) is 24.2 Å². The molecule has 1 atom stereocenters. The highest BCUT2D eigenvalue weighted by Gasteiger charge is 2.13. The number of carbonyl (C=O) groups is 1. The Morgan fingerprint density at radius 2 is 2.00 bits per heavy atom. The fourth-order valence-corrected chi connectivity index (χ4v) is 2.32. The summed E-state index contributed by atoms with van der Waals surface area (Å²) in [5.74, 6) is 0.103. The highest BCUT2D eigenvalue weighted by atomic mass is 16.3. The number of aliphatic hydroxyl groups excluding tert-OH is 1. The Bertz CT molecular complexity index is 730. The molecule has 5 nitrogen and oxygen atoms in total. The largest absolute Gasteiger partial charge is 0.508 e. The van der Waals surface area contributed by atoms with Gasteiger partial charge in [-0.1, -0.05) is 20.4 Å². The SMILES string of the molecule is C=C1C=CC(NC(=O)c2ccc(O)cc2)=CN1/C=C(/CO)C(C)CC. The topological polar surface area (TPSA) is 72.8 Å². The third-order valence-corrected chi connectivity index (χ3v) is 4.19. The van der Waals surface area contributed by atoms with Gasteiger partial charge in [-0.3, -0.25) is 4.79 Å². The van der Waals surface area contributed by atoms with Crippen LogP contribution in [-0.4, -0.2) is 27.6 Å². The molecule has 25 heavy (non-hydrogen) atoms.